The number of amides is 2. The summed E-state index contributed by atoms with van der Waals surface area (Å²) in [6, 6.07) is 16.6. The van der Waals surface area contributed by atoms with Gasteiger partial charge < -0.3 is 5.32 Å². The number of para-hydroxylation sites is 1. The van der Waals surface area contributed by atoms with E-state index in [1.165, 1.54) is 0 Å². The molecule has 2 aromatic rings. The van der Waals surface area contributed by atoms with E-state index in [0.29, 0.717) is 23.9 Å². The Morgan fingerprint density at radius 3 is 2.71 bits per heavy atom. The molecule has 0 unspecified atom stereocenters. The molecule has 2 aromatic carbocycles. The predicted octanol–water partition coefficient (Wildman–Crippen LogP) is 3.63. The average molecular weight is 300 g/mol. The lowest BCUT2D eigenvalue weighted by molar-refractivity contribution is 0.236. The van der Waals surface area contributed by atoms with Crippen molar-refractivity contribution < 1.29 is 4.79 Å². The quantitative estimate of drug-likeness (QED) is 0.904. The first-order valence-corrected chi connectivity index (χ1v) is 7.06. The van der Waals surface area contributed by atoms with Crippen LogP contribution in [0.5, 0.6) is 0 Å². The summed E-state index contributed by atoms with van der Waals surface area (Å²) in [5.74, 6) is 0.658. The van der Waals surface area contributed by atoms with Gasteiger partial charge >= 0.3 is 6.03 Å². The number of nitrogens with one attached hydrogen (secondary N) is 1. The number of benzene rings is 2. The van der Waals surface area contributed by atoms with Crippen LogP contribution in [0.4, 0.5) is 10.5 Å². The molecule has 106 valence electrons. The number of nitrogens with zero attached hydrogens (tertiary/aromatic N) is 2. The number of hydrogen-bond donors (Lipinski definition) is 1. The summed E-state index contributed by atoms with van der Waals surface area (Å²) in [6.45, 7) is 1.17. The van der Waals surface area contributed by atoms with E-state index < -0.39 is 0 Å². The molecule has 1 N–H and O–H groups in total. The third-order valence-corrected chi connectivity index (χ3v) is 3.43. The van der Waals surface area contributed by atoms with E-state index in [9.17, 15) is 4.79 Å². The van der Waals surface area contributed by atoms with E-state index in [-0.39, 0.29) is 6.03 Å². The highest BCUT2D eigenvalue weighted by atomic mass is 35.5. The van der Waals surface area contributed by atoms with Crippen LogP contribution < -0.4 is 5.32 Å². The minimum absolute atomic E-state index is 0.183. The maximum absolute atomic E-state index is 12.4. The molecule has 0 spiro atoms. The molecule has 1 aliphatic heterocycles. The molecule has 2 amide bonds. The van der Waals surface area contributed by atoms with Gasteiger partial charge in [-0.3, -0.25) is 9.89 Å². The second kappa shape index (κ2) is 5.97. The van der Waals surface area contributed by atoms with Crippen LogP contribution >= 0.6 is 11.6 Å². The lowest BCUT2D eigenvalue weighted by Gasteiger charge is -2.19. The van der Waals surface area contributed by atoms with Crippen molar-refractivity contribution in [3.8, 4) is 0 Å². The first-order valence-electron chi connectivity index (χ1n) is 6.68. The Morgan fingerprint density at radius 2 is 1.95 bits per heavy atom. The fraction of sp³-hybridized carbons (Fsp3) is 0.125. The fourth-order valence-corrected chi connectivity index (χ4v) is 2.42. The summed E-state index contributed by atoms with van der Waals surface area (Å²) < 4.78 is 0. The van der Waals surface area contributed by atoms with Crippen molar-refractivity contribution >= 4 is 29.2 Å². The highest BCUT2D eigenvalue weighted by molar-refractivity contribution is 6.31. The molecule has 0 atom stereocenters. The van der Waals surface area contributed by atoms with Crippen molar-refractivity contribution in [2.24, 2.45) is 4.99 Å². The minimum atomic E-state index is -0.183. The van der Waals surface area contributed by atoms with Crippen LogP contribution in [-0.2, 0) is 0 Å². The molecular weight excluding hydrogens is 286 g/mol. The van der Waals surface area contributed by atoms with Gasteiger partial charge in [0.25, 0.3) is 0 Å². The Kier molecular flexibility index (Phi) is 3.88. The number of amidine groups is 1. The van der Waals surface area contributed by atoms with Crippen molar-refractivity contribution in [1.82, 2.24) is 4.90 Å². The van der Waals surface area contributed by atoms with Crippen LogP contribution in [-0.4, -0.2) is 29.9 Å². The summed E-state index contributed by atoms with van der Waals surface area (Å²) >= 11 is 6.01. The Hall–Kier alpha value is -2.33. The molecular formula is C16H14ClN3O. The second-order valence-corrected chi connectivity index (χ2v) is 5.10. The lowest BCUT2D eigenvalue weighted by atomic mass is 10.2. The van der Waals surface area contributed by atoms with Crippen LogP contribution in [0.25, 0.3) is 0 Å². The number of anilines is 1. The van der Waals surface area contributed by atoms with E-state index >= 15 is 0 Å². The topological polar surface area (TPSA) is 44.7 Å². The smallest absolute Gasteiger partial charge is 0.308 e. The monoisotopic (exact) mass is 299 g/mol. The molecule has 4 nitrogen and oxygen atoms in total. The van der Waals surface area contributed by atoms with Crippen LogP contribution in [0.3, 0.4) is 0 Å². The van der Waals surface area contributed by atoms with E-state index in [2.05, 4.69) is 10.3 Å². The molecule has 21 heavy (non-hydrogen) atoms. The van der Waals surface area contributed by atoms with Gasteiger partial charge in [0, 0.05) is 22.8 Å². The van der Waals surface area contributed by atoms with E-state index in [1.54, 1.807) is 11.0 Å². The molecule has 0 saturated carbocycles. The van der Waals surface area contributed by atoms with Crippen LogP contribution in [0.2, 0.25) is 5.02 Å². The molecule has 0 radical (unpaired) electrons. The first kappa shape index (κ1) is 13.6. The minimum Gasteiger partial charge on any atom is -0.308 e. The van der Waals surface area contributed by atoms with Gasteiger partial charge in [0.2, 0.25) is 0 Å². The molecule has 0 aromatic heterocycles. The maximum Gasteiger partial charge on any atom is 0.327 e. The summed E-state index contributed by atoms with van der Waals surface area (Å²) in [6.07, 6.45) is 0. The second-order valence-electron chi connectivity index (χ2n) is 4.66. The van der Waals surface area contributed by atoms with Gasteiger partial charge in [0.1, 0.15) is 5.84 Å². The van der Waals surface area contributed by atoms with Crippen molar-refractivity contribution in [3.05, 3.63) is 65.2 Å². The first-order chi connectivity index (χ1) is 10.2. The number of carbonyl (C=O) groups is 1. The third-order valence-electron chi connectivity index (χ3n) is 3.19. The van der Waals surface area contributed by atoms with Crippen LogP contribution in [0.15, 0.2) is 59.6 Å². The Labute approximate surface area is 128 Å². The number of urea groups is 1. The van der Waals surface area contributed by atoms with Crippen molar-refractivity contribution in [2.45, 2.75) is 0 Å². The largest absolute Gasteiger partial charge is 0.327 e. The molecule has 1 heterocycles. The van der Waals surface area contributed by atoms with Gasteiger partial charge in [-0.05, 0) is 24.3 Å². The number of carbonyl (C=O) groups excluding carboxylic acids is 1. The zero-order chi connectivity index (χ0) is 14.7. The van der Waals surface area contributed by atoms with Crippen LogP contribution in [0.1, 0.15) is 5.56 Å². The van der Waals surface area contributed by atoms with Gasteiger partial charge in [-0.2, -0.15) is 0 Å². The number of aliphatic imine (C=N–C) groups is 1. The zero-order valence-corrected chi connectivity index (χ0v) is 12.0. The highest BCUT2D eigenvalue weighted by Crippen LogP contribution is 2.17. The Morgan fingerprint density at radius 1 is 1.14 bits per heavy atom. The molecule has 1 aliphatic rings. The van der Waals surface area contributed by atoms with E-state index in [0.717, 1.165) is 11.3 Å². The molecule has 5 heteroatoms. The average Bonchev–Trinajstić information content (AvgIpc) is 2.98. The van der Waals surface area contributed by atoms with E-state index in [1.807, 2.05) is 48.5 Å². The number of halogens is 1. The molecule has 0 fully saturated rings. The standard InChI is InChI=1S/C16H14ClN3O/c17-13-6-4-5-12(11-13)15-18-9-10-20(15)16(21)19-14-7-2-1-3-8-14/h1-8,11H,9-10H2,(H,19,21). The van der Waals surface area contributed by atoms with Crippen molar-refractivity contribution in [1.29, 1.82) is 0 Å². The van der Waals surface area contributed by atoms with Gasteiger partial charge in [0.05, 0.1) is 6.54 Å². The third kappa shape index (κ3) is 3.06. The van der Waals surface area contributed by atoms with Crippen molar-refractivity contribution in [3.63, 3.8) is 0 Å². The zero-order valence-electron chi connectivity index (χ0n) is 11.3. The number of hydrogen-bond acceptors (Lipinski definition) is 2. The van der Waals surface area contributed by atoms with Gasteiger partial charge in [-0.15, -0.1) is 0 Å². The predicted molar refractivity (Wildman–Crippen MR) is 85.0 cm³/mol. The number of rotatable bonds is 2. The van der Waals surface area contributed by atoms with Crippen LogP contribution in [0, 0.1) is 0 Å². The molecule has 0 saturated heterocycles. The Bertz CT molecular complexity index is 685. The van der Waals surface area contributed by atoms with Crippen molar-refractivity contribution in [2.75, 3.05) is 18.4 Å². The SMILES string of the molecule is O=C(Nc1ccccc1)N1CCN=C1c1cccc(Cl)c1. The molecule has 3 rings (SSSR count). The molecule has 0 bridgehead atoms. The lowest BCUT2D eigenvalue weighted by Crippen LogP contribution is -2.38. The van der Waals surface area contributed by atoms with Gasteiger partial charge in [0.15, 0.2) is 0 Å². The highest BCUT2D eigenvalue weighted by Gasteiger charge is 2.24. The Balaban J connectivity index is 1.79. The summed E-state index contributed by atoms with van der Waals surface area (Å²) in [5, 5.41) is 3.50. The normalized spacial score (nSPS) is 14.0. The maximum atomic E-state index is 12.4. The summed E-state index contributed by atoms with van der Waals surface area (Å²) in [7, 11) is 0. The van der Waals surface area contributed by atoms with E-state index in [4.69, 9.17) is 11.6 Å². The van der Waals surface area contributed by atoms with Gasteiger partial charge in [-0.25, -0.2) is 4.79 Å². The summed E-state index contributed by atoms with van der Waals surface area (Å²) in [5.41, 5.74) is 1.61. The fourth-order valence-electron chi connectivity index (χ4n) is 2.23. The summed E-state index contributed by atoms with van der Waals surface area (Å²) in [4.78, 5) is 18.4. The van der Waals surface area contributed by atoms with Gasteiger partial charge in [-0.1, -0.05) is 41.9 Å². The molecule has 0 aliphatic carbocycles.